The SMILES string of the molecule is O=C(O)c1cnc2c(C3CCC3)cnn2c1. The predicted octanol–water partition coefficient (Wildman–Crippen LogP) is 1.69. The van der Waals surface area contributed by atoms with Crippen LogP contribution >= 0.6 is 0 Å². The molecule has 0 aliphatic heterocycles. The molecule has 0 radical (unpaired) electrons. The molecular weight excluding hydrogens is 206 g/mol. The van der Waals surface area contributed by atoms with Crippen LogP contribution in [0.1, 0.15) is 41.1 Å². The van der Waals surface area contributed by atoms with Gasteiger partial charge in [-0.2, -0.15) is 5.10 Å². The highest BCUT2D eigenvalue weighted by Gasteiger charge is 2.23. The summed E-state index contributed by atoms with van der Waals surface area (Å²) in [6, 6.07) is 0. The number of hydrogen-bond acceptors (Lipinski definition) is 3. The first kappa shape index (κ1) is 9.33. The van der Waals surface area contributed by atoms with E-state index in [4.69, 9.17) is 5.11 Å². The van der Waals surface area contributed by atoms with Crippen LogP contribution in [0.2, 0.25) is 0 Å². The largest absolute Gasteiger partial charge is 0.478 e. The summed E-state index contributed by atoms with van der Waals surface area (Å²) in [5.41, 5.74) is 2.09. The Balaban J connectivity index is 2.10. The van der Waals surface area contributed by atoms with Gasteiger partial charge in [-0.3, -0.25) is 0 Å². The van der Waals surface area contributed by atoms with E-state index in [-0.39, 0.29) is 5.56 Å². The highest BCUT2D eigenvalue weighted by Crippen LogP contribution is 2.37. The van der Waals surface area contributed by atoms with E-state index >= 15 is 0 Å². The minimum atomic E-state index is -0.977. The van der Waals surface area contributed by atoms with Gasteiger partial charge in [-0.25, -0.2) is 14.3 Å². The van der Waals surface area contributed by atoms with Crippen LogP contribution in [0, 0.1) is 0 Å². The molecule has 0 unspecified atom stereocenters. The van der Waals surface area contributed by atoms with Crippen molar-refractivity contribution in [3.63, 3.8) is 0 Å². The minimum absolute atomic E-state index is 0.163. The first-order valence-electron chi connectivity index (χ1n) is 5.32. The molecule has 82 valence electrons. The molecule has 2 aromatic heterocycles. The summed E-state index contributed by atoms with van der Waals surface area (Å²) >= 11 is 0. The van der Waals surface area contributed by atoms with Gasteiger partial charge in [0.05, 0.1) is 11.8 Å². The number of rotatable bonds is 2. The number of aromatic carboxylic acids is 1. The third-order valence-corrected chi connectivity index (χ3v) is 3.18. The fourth-order valence-corrected chi connectivity index (χ4v) is 2.01. The van der Waals surface area contributed by atoms with Crippen LogP contribution in [0.3, 0.4) is 0 Å². The highest BCUT2D eigenvalue weighted by molar-refractivity contribution is 5.87. The predicted molar refractivity (Wildman–Crippen MR) is 56.5 cm³/mol. The van der Waals surface area contributed by atoms with Crippen molar-refractivity contribution in [3.8, 4) is 0 Å². The summed E-state index contributed by atoms with van der Waals surface area (Å²) in [5.74, 6) is -0.421. The zero-order valence-electron chi connectivity index (χ0n) is 8.63. The summed E-state index contributed by atoms with van der Waals surface area (Å²) in [5, 5.41) is 13.0. The van der Waals surface area contributed by atoms with E-state index in [1.165, 1.54) is 31.7 Å². The molecule has 1 N–H and O–H groups in total. The second-order valence-corrected chi connectivity index (χ2v) is 4.14. The van der Waals surface area contributed by atoms with Crippen molar-refractivity contribution in [1.82, 2.24) is 14.6 Å². The molecule has 2 heterocycles. The molecule has 1 aliphatic rings. The number of carboxylic acids is 1. The average Bonchev–Trinajstić information content (AvgIpc) is 2.59. The zero-order valence-corrected chi connectivity index (χ0v) is 8.63. The molecule has 5 heteroatoms. The van der Waals surface area contributed by atoms with Gasteiger partial charge in [-0.15, -0.1) is 0 Å². The molecule has 1 fully saturated rings. The normalized spacial score (nSPS) is 16.2. The maximum absolute atomic E-state index is 10.8. The molecule has 0 aromatic carbocycles. The summed E-state index contributed by atoms with van der Waals surface area (Å²) in [6.07, 6.45) is 8.33. The van der Waals surface area contributed by atoms with Crippen molar-refractivity contribution < 1.29 is 9.90 Å². The fraction of sp³-hybridized carbons (Fsp3) is 0.364. The second-order valence-electron chi connectivity index (χ2n) is 4.14. The van der Waals surface area contributed by atoms with Gasteiger partial charge in [0.25, 0.3) is 0 Å². The van der Waals surface area contributed by atoms with Gasteiger partial charge in [-0.05, 0) is 18.8 Å². The van der Waals surface area contributed by atoms with Crippen LogP contribution in [-0.4, -0.2) is 25.7 Å². The lowest BCUT2D eigenvalue weighted by molar-refractivity contribution is 0.0695. The van der Waals surface area contributed by atoms with E-state index in [0.29, 0.717) is 5.92 Å². The van der Waals surface area contributed by atoms with Crippen LogP contribution in [0.4, 0.5) is 0 Å². The quantitative estimate of drug-likeness (QED) is 0.831. The van der Waals surface area contributed by atoms with Crippen molar-refractivity contribution in [2.75, 3.05) is 0 Å². The van der Waals surface area contributed by atoms with Crippen LogP contribution in [0.25, 0.3) is 5.65 Å². The number of carbonyl (C=O) groups is 1. The van der Waals surface area contributed by atoms with Crippen molar-refractivity contribution in [1.29, 1.82) is 0 Å². The van der Waals surface area contributed by atoms with Gasteiger partial charge in [0.2, 0.25) is 0 Å². The van der Waals surface area contributed by atoms with Gasteiger partial charge in [-0.1, -0.05) is 6.42 Å². The van der Waals surface area contributed by atoms with Crippen molar-refractivity contribution in [2.24, 2.45) is 0 Å². The molecule has 16 heavy (non-hydrogen) atoms. The van der Waals surface area contributed by atoms with E-state index in [2.05, 4.69) is 10.1 Å². The van der Waals surface area contributed by atoms with Gasteiger partial charge >= 0.3 is 5.97 Å². The monoisotopic (exact) mass is 217 g/mol. The molecule has 1 saturated carbocycles. The third-order valence-electron chi connectivity index (χ3n) is 3.18. The first-order chi connectivity index (χ1) is 7.75. The smallest absolute Gasteiger partial charge is 0.338 e. The number of aromatic nitrogens is 3. The molecule has 0 spiro atoms. The Bertz CT molecular complexity index is 557. The lowest BCUT2D eigenvalue weighted by atomic mass is 9.81. The Kier molecular flexibility index (Phi) is 1.92. The Morgan fingerprint density at radius 1 is 1.44 bits per heavy atom. The van der Waals surface area contributed by atoms with Crippen molar-refractivity contribution in [2.45, 2.75) is 25.2 Å². The second kappa shape index (κ2) is 3.30. The third kappa shape index (κ3) is 1.28. The highest BCUT2D eigenvalue weighted by atomic mass is 16.4. The molecule has 2 aromatic rings. The van der Waals surface area contributed by atoms with E-state index in [0.717, 1.165) is 11.2 Å². The van der Waals surface area contributed by atoms with E-state index in [1.807, 2.05) is 0 Å². The lowest BCUT2D eigenvalue weighted by Gasteiger charge is -2.23. The standard InChI is InChI=1S/C11H11N3O2/c15-11(16)8-4-12-10-9(7-2-1-3-7)5-13-14(10)6-8/h4-7H,1-3H2,(H,15,16). The molecule has 1 aliphatic carbocycles. The van der Waals surface area contributed by atoms with Crippen molar-refractivity contribution in [3.05, 3.63) is 29.7 Å². The Morgan fingerprint density at radius 3 is 2.88 bits per heavy atom. The zero-order chi connectivity index (χ0) is 11.1. The van der Waals surface area contributed by atoms with Crippen molar-refractivity contribution >= 4 is 11.6 Å². The topological polar surface area (TPSA) is 67.5 Å². The lowest BCUT2D eigenvalue weighted by Crippen LogP contribution is -2.09. The summed E-state index contributed by atoms with van der Waals surface area (Å²) < 4.78 is 1.55. The van der Waals surface area contributed by atoms with Crippen LogP contribution in [0.5, 0.6) is 0 Å². The van der Waals surface area contributed by atoms with Gasteiger partial charge in [0.15, 0.2) is 5.65 Å². The van der Waals surface area contributed by atoms with Crippen LogP contribution < -0.4 is 0 Å². The molecule has 0 saturated heterocycles. The van der Waals surface area contributed by atoms with E-state index in [9.17, 15) is 4.79 Å². The molecule has 0 amide bonds. The van der Waals surface area contributed by atoms with Gasteiger partial charge < -0.3 is 5.11 Å². The molecular formula is C11H11N3O2. The number of fused-ring (bicyclic) bond motifs is 1. The molecule has 0 atom stereocenters. The molecule has 0 bridgehead atoms. The van der Waals surface area contributed by atoms with Crippen LogP contribution in [-0.2, 0) is 0 Å². The summed E-state index contributed by atoms with van der Waals surface area (Å²) in [7, 11) is 0. The first-order valence-corrected chi connectivity index (χ1v) is 5.32. The maximum atomic E-state index is 10.8. The minimum Gasteiger partial charge on any atom is -0.478 e. The number of hydrogen-bond donors (Lipinski definition) is 1. The number of carboxylic acid groups (broad SMARTS) is 1. The Morgan fingerprint density at radius 2 is 2.25 bits per heavy atom. The fourth-order valence-electron chi connectivity index (χ4n) is 2.01. The van der Waals surface area contributed by atoms with E-state index < -0.39 is 5.97 Å². The van der Waals surface area contributed by atoms with E-state index in [1.54, 1.807) is 10.7 Å². The number of nitrogens with zero attached hydrogens (tertiary/aromatic N) is 3. The van der Waals surface area contributed by atoms with Gasteiger partial charge in [0.1, 0.15) is 0 Å². The Labute approximate surface area is 91.7 Å². The summed E-state index contributed by atoms with van der Waals surface area (Å²) in [4.78, 5) is 15.0. The molecule has 5 nitrogen and oxygen atoms in total. The Hall–Kier alpha value is -1.91. The van der Waals surface area contributed by atoms with Gasteiger partial charge in [0, 0.05) is 18.0 Å². The van der Waals surface area contributed by atoms with Crippen LogP contribution in [0.15, 0.2) is 18.6 Å². The average molecular weight is 217 g/mol. The summed E-state index contributed by atoms with van der Waals surface area (Å²) in [6.45, 7) is 0. The molecule has 3 rings (SSSR count). The maximum Gasteiger partial charge on any atom is 0.338 e.